The van der Waals surface area contributed by atoms with Crippen LogP contribution in [0, 0.1) is 11.8 Å². The summed E-state index contributed by atoms with van der Waals surface area (Å²) in [6.07, 6.45) is 4.40. The normalized spacial score (nSPS) is 19.5. The number of carboxylic acid groups (broad SMARTS) is 2. The van der Waals surface area contributed by atoms with E-state index >= 15 is 0 Å². The average Bonchev–Trinajstić information content (AvgIpc) is 3.36. The van der Waals surface area contributed by atoms with Crippen molar-refractivity contribution in [1.29, 1.82) is 0 Å². The number of rotatable bonds is 13. The van der Waals surface area contributed by atoms with Crippen LogP contribution in [0.25, 0.3) is 10.9 Å². The monoisotopic (exact) mass is 591 g/mol. The molecule has 1 aliphatic rings. The third-order valence-corrected chi connectivity index (χ3v) is 8.39. The molecule has 5 N–H and O–H groups in total. The summed E-state index contributed by atoms with van der Waals surface area (Å²) in [6, 6.07) is 16.2. The standard InChI is InChI=1S/C33H41N3O7/c1-21-10-6-9-15-28(21)43-32(42)36-33(2,19-24-20-34-27-14-8-7-13-26(24)27)31(41)35-25(16-22-11-4-3-5-12-22)17-23(30(39)40)18-29(37)38/h3-5,7-8,11-14,20-21,23,25,28,34H,6,9-10,15-19H2,1-2H3,(H,35,41)(H,36,42)(H,37,38)(H,39,40). The summed E-state index contributed by atoms with van der Waals surface area (Å²) in [5.41, 5.74) is 1.08. The Hall–Kier alpha value is -4.34. The van der Waals surface area contributed by atoms with E-state index in [4.69, 9.17) is 4.74 Å². The van der Waals surface area contributed by atoms with Crippen LogP contribution in [0.5, 0.6) is 0 Å². The minimum atomic E-state index is -1.47. The Morgan fingerprint density at radius 2 is 1.72 bits per heavy atom. The highest BCUT2D eigenvalue weighted by Gasteiger charge is 2.39. The van der Waals surface area contributed by atoms with Crippen LogP contribution in [0.4, 0.5) is 4.79 Å². The van der Waals surface area contributed by atoms with Gasteiger partial charge >= 0.3 is 18.0 Å². The SMILES string of the molecule is CC1CCCCC1OC(=O)NC(C)(Cc1c[nH]c2ccccc12)C(=O)NC(Cc1ccccc1)CC(CC(=O)O)C(=O)O. The number of amides is 2. The summed E-state index contributed by atoms with van der Waals surface area (Å²) in [5.74, 6) is -4.00. The van der Waals surface area contributed by atoms with E-state index in [2.05, 4.69) is 22.5 Å². The zero-order chi connectivity index (χ0) is 31.0. The van der Waals surface area contributed by atoms with Gasteiger partial charge in [0.1, 0.15) is 11.6 Å². The lowest BCUT2D eigenvalue weighted by Crippen LogP contribution is -2.60. The molecule has 43 heavy (non-hydrogen) atoms. The number of aliphatic carboxylic acids is 2. The number of carbonyl (C=O) groups excluding carboxylic acids is 2. The predicted molar refractivity (Wildman–Crippen MR) is 162 cm³/mol. The minimum Gasteiger partial charge on any atom is -0.481 e. The smallest absolute Gasteiger partial charge is 0.408 e. The third kappa shape index (κ3) is 8.59. The highest BCUT2D eigenvalue weighted by molar-refractivity contribution is 5.92. The lowest BCUT2D eigenvalue weighted by Gasteiger charge is -2.34. The molecule has 4 rings (SSSR count). The number of nitrogens with one attached hydrogen (secondary N) is 3. The molecular weight excluding hydrogens is 550 g/mol. The summed E-state index contributed by atoms with van der Waals surface area (Å²) in [5, 5.41) is 25.8. The van der Waals surface area contributed by atoms with Crippen molar-refractivity contribution in [2.75, 3.05) is 0 Å². The predicted octanol–water partition coefficient (Wildman–Crippen LogP) is 5.07. The second-order valence-electron chi connectivity index (χ2n) is 11.9. The first-order chi connectivity index (χ1) is 20.5. The fourth-order valence-electron chi connectivity index (χ4n) is 5.95. The van der Waals surface area contributed by atoms with Crippen LogP contribution in [0.15, 0.2) is 60.8 Å². The Bertz CT molecular complexity index is 1420. The molecular formula is C33H41N3O7. The summed E-state index contributed by atoms with van der Waals surface area (Å²) < 4.78 is 5.82. The van der Waals surface area contributed by atoms with E-state index in [0.717, 1.165) is 47.7 Å². The van der Waals surface area contributed by atoms with Gasteiger partial charge in [0, 0.05) is 29.6 Å². The van der Waals surface area contributed by atoms with Crippen molar-refractivity contribution in [3.63, 3.8) is 0 Å². The van der Waals surface area contributed by atoms with Crippen molar-refractivity contribution in [3.8, 4) is 0 Å². The van der Waals surface area contributed by atoms with Gasteiger partial charge in [-0.25, -0.2) is 4.79 Å². The van der Waals surface area contributed by atoms with Gasteiger partial charge in [-0.05, 0) is 62.1 Å². The van der Waals surface area contributed by atoms with Crippen LogP contribution in [-0.2, 0) is 32.0 Å². The Morgan fingerprint density at radius 1 is 1.02 bits per heavy atom. The summed E-state index contributed by atoms with van der Waals surface area (Å²) in [6.45, 7) is 3.68. The second-order valence-corrected chi connectivity index (χ2v) is 11.9. The molecule has 1 heterocycles. The molecule has 1 aliphatic carbocycles. The number of fused-ring (bicyclic) bond motifs is 1. The molecule has 10 heteroatoms. The van der Waals surface area contributed by atoms with Gasteiger partial charge in [0.2, 0.25) is 5.91 Å². The lowest BCUT2D eigenvalue weighted by atomic mass is 9.88. The first-order valence-corrected chi connectivity index (χ1v) is 14.9. The molecule has 1 aromatic heterocycles. The molecule has 0 spiro atoms. The topological polar surface area (TPSA) is 158 Å². The van der Waals surface area contributed by atoms with E-state index in [1.54, 1.807) is 13.1 Å². The van der Waals surface area contributed by atoms with E-state index in [9.17, 15) is 29.4 Å². The van der Waals surface area contributed by atoms with Gasteiger partial charge in [0.25, 0.3) is 0 Å². The zero-order valence-electron chi connectivity index (χ0n) is 24.7. The van der Waals surface area contributed by atoms with Crippen molar-refractivity contribution in [3.05, 3.63) is 71.9 Å². The molecule has 1 fully saturated rings. The maximum absolute atomic E-state index is 14.1. The van der Waals surface area contributed by atoms with Crippen LogP contribution in [0.3, 0.4) is 0 Å². The zero-order valence-corrected chi connectivity index (χ0v) is 24.7. The molecule has 1 saturated carbocycles. The average molecular weight is 592 g/mol. The molecule has 0 bridgehead atoms. The molecule has 5 atom stereocenters. The van der Waals surface area contributed by atoms with Crippen LogP contribution in [0.2, 0.25) is 0 Å². The van der Waals surface area contributed by atoms with E-state index in [0.29, 0.717) is 0 Å². The number of benzene rings is 2. The molecule has 2 amide bonds. The van der Waals surface area contributed by atoms with Gasteiger partial charge in [-0.2, -0.15) is 0 Å². The Morgan fingerprint density at radius 3 is 2.42 bits per heavy atom. The molecule has 3 aromatic rings. The van der Waals surface area contributed by atoms with Crippen molar-refractivity contribution in [2.24, 2.45) is 11.8 Å². The summed E-state index contributed by atoms with van der Waals surface area (Å²) in [4.78, 5) is 54.0. The highest BCUT2D eigenvalue weighted by atomic mass is 16.6. The van der Waals surface area contributed by atoms with Crippen molar-refractivity contribution in [1.82, 2.24) is 15.6 Å². The number of aromatic nitrogens is 1. The van der Waals surface area contributed by atoms with Gasteiger partial charge < -0.3 is 30.6 Å². The van der Waals surface area contributed by atoms with Crippen molar-refractivity contribution >= 4 is 34.8 Å². The van der Waals surface area contributed by atoms with Gasteiger partial charge in [-0.15, -0.1) is 0 Å². The number of hydrogen-bond donors (Lipinski definition) is 5. The minimum absolute atomic E-state index is 0.102. The molecule has 0 aliphatic heterocycles. The Kier molecular flexibility index (Phi) is 10.4. The Balaban J connectivity index is 1.61. The second kappa shape index (κ2) is 14.2. The molecule has 230 valence electrons. The van der Waals surface area contributed by atoms with Crippen molar-refractivity contribution < 1.29 is 34.1 Å². The molecule has 0 radical (unpaired) electrons. The number of ether oxygens (including phenoxy) is 1. The summed E-state index contributed by atoms with van der Waals surface area (Å²) in [7, 11) is 0. The van der Waals surface area contributed by atoms with Crippen LogP contribution >= 0.6 is 0 Å². The maximum Gasteiger partial charge on any atom is 0.408 e. The maximum atomic E-state index is 14.1. The largest absolute Gasteiger partial charge is 0.481 e. The van der Waals surface area contributed by atoms with Gasteiger partial charge in [0.15, 0.2) is 0 Å². The third-order valence-electron chi connectivity index (χ3n) is 8.39. The molecule has 0 saturated heterocycles. The van der Waals surface area contributed by atoms with Gasteiger partial charge in [-0.3, -0.25) is 14.4 Å². The number of hydrogen-bond acceptors (Lipinski definition) is 5. The first-order valence-electron chi connectivity index (χ1n) is 14.9. The Labute approximate surface area is 251 Å². The lowest BCUT2D eigenvalue weighted by molar-refractivity contribution is -0.148. The number of aromatic amines is 1. The van der Waals surface area contributed by atoms with Crippen molar-refractivity contribution in [2.45, 2.75) is 82.9 Å². The van der Waals surface area contributed by atoms with Crippen LogP contribution < -0.4 is 10.6 Å². The van der Waals surface area contributed by atoms with Crippen LogP contribution in [0.1, 0.15) is 63.5 Å². The number of alkyl carbamates (subject to hydrolysis) is 1. The number of carbonyl (C=O) groups is 4. The number of para-hydroxylation sites is 1. The van der Waals surface area contributed by atoms with Crippen LogP contribution in [-0.4, -0.2) is 56.8 Å². The van der Waals surface area contributed by atoms with E-state index in [-0.39, 0.29) is 31.3 Å². The molecule has 5 unspecified atom stereocenters. The van der Waals surface area contributed by atoms with E-state index in [1.165, 1.54) is 0 Å². The number of carboxylic acids is 2. The van der Waals surface area contributed by atoms with E-state index < -0.39 is 47.9 Å². The first kappa shape index (κ1) is 31.6. The number of H-pyrrole nitrogens is 1. The quantitative estimate of drug-likeness (QED) is 0.186. The molecule has 10 nitrogen and oxygen atoms in total. The van der Waals surface area contributed by atoms with Gasteiger partial charge in [0.05, 0.1) is 12.3 Å². The molecule has 2 aromatic carbocycles. The van der Waals surface area contributed by atoms with E-state index in [1.807, 2.05) is 54.6 Å². The van der Waals surface area contributed by atoms with Gasteiger partial charge in [-0.1, -0.05) is 61.9 Å². The fourth-order valence-corrected chi connectivity index (χ4v) is 5.95. The fraction of sp³-hybridized carbons (Fsp3) is 0.455. The highest BCUT2D eigenvalue weighted by Crippen LogP contribution is 2.28. The summed E-state index contributed by atoms with van der Waals surface area (Å²) >= 11 is 0.